The summed E-state index contributed by atoms with van der Waals surface area (Å²) in [5.41, 5.74) is 1.83. The molecule has 2 aromatic carbocycles. The number of hydrogen-bond donors (Lipinski definition) is 1. The van der Waals surface area contributed by atoms with Gasteiger partial charge in [-0.3, -0.25) is 4.79 Å². The Kier molecular flexibility index (Phi) is 5.46. The van der Waals surface area contributed by atoms with Crippen molar-refractivity contribution < 1.29 is 18.8 Å². The van der Waals surface area contributed by atoms with Crippen LogP contribution in [-0.2, 0) is 11.2 Å². The normalized spacial score (nSPS) is 13.5. The van der Waals surface area contributed by atoms with E-state index >= 15 is 0 Å². The average Bonchev–Trinajstić information content (AvgIpc) is 3.36. The molecule has 0 spiro atoms. The van der Waals surface area contributed by atoms with Crippen molar-refractivity contribution in [3.63, 3.8) is 0 Å². The molecular formula is C22H23N3O4. The molecule has 0 saturated carbocycles. The number of ether oxygens (including phenoxy) is 2. The van der Waals surface area contributed by atoms with Gasteiger partial charge in [-0.25, -0.2) is 0 Å². The summed E-state index contributed by atoms with van der Waals surface area (Å²) in [6.07, 6.45) is 1.00. The molecule has 0 aliphatic carbocycles. The number of hydrogen-bond acceptors (Lipinski definition) is 6. The summed E-state index contributed by atoms with van der Waals surface area (Å²) >= 11 is 0. The SMILES string of the molecule is CC(C)CC(=O)N[C@H](Cc1ccccc1)c1nc(-c2ccc3c(c2)OCO3)no1. The van der Waals surface area contributed by atoms with Gasteiger partial charge in [0, 0.05) is 18.4 Å². The van der Waals surface area contributed by atoms with E-state index in [1.807, 2.05) is 62.4 Å². The van der Waals surface area contributed by atoms with Crippen molar-refractivity contribution in [3.05, 3.63) is 60.0 Å². The Morgan fingerprint density at radius 2 is 1.90 bits per heavy atom. The molecule has 0 fully saturated rings. The maximum atomic E-state index is 12.4. The van der Waals surface area contributed by atoms with Crippen molar-refractivity contribution in [2.45, 2.75) is 32.7 Å². The summed E-state index contributed by atoms with van der Waals surface area (Å²) in [5.74, 6) is 2.39. The van der Waals surface area contributed by atoms with E-state index in [1.165, 1.54) is 0 Å². The minimum atomic E-state index is -0.404. The molecule has 7 nitrogen and oxygen atoms in total. The van der Waals surface area contributed by atoms with Gasteiger partial charge >= 0.3 is 0 Å². The van der Waals surface area contributed by atoms with Crippen LogP contribution in [0.5, 0.6) is 11.5 Å². The highest BCUT2D eigenvalue weighted by Gasteiger charge is 2.23. The average molecular weight is 393 g/mol. The number of fused-ring (bicyclic) bond motifs is 1. The van der Waals surface area contributed by atoms with Crippen molar-refractivity contribution in [2.24, 2.45) is 5.92 Å². The minimum absolute atomic E-state index is 0.0382. The zero-order valence-electron chi connectivity index (χ0n) is 16.4. The van der Waals surface area contributed by atoms with Gasteiger partial charge in [-0.1, -0.05) is 49.3 Å². The van der Waals surface area contributed by atoms with Crippen LogP contribution in [0.1, 0.15) is 37.8 Å². The van der Waals surface area contributed by atoms with Crippen LogP contribution < -0.4 is 14.8 Å². The number of carbonyl (C=O) groups is 1. The fraction of sp³-hybridized carbons (Fsp3) is 0.318. The third-order valence-corrected chi connectivity index (χ3v) is 4.58. The highest BCUT2D eigenvalue weighted by Crippen LogP contribution is 2.35. The molecule has 1 atom stereocenters. The first-order chi connectivity index (χ1) is 14.1. The van der Waals surface area contributed by atoms with E-state index in [0.717, 1.165) is 11.1 Å². The maximum absolute atomic E-state index is 12.4. The number of amides is 1. The van der Waals surface area contributed by atoms with Gasteiger partial charge in [0.25, 0.3) is 0 Å². The topological polar surface area (TPSA) is 86.5 Å². The lowest BCUT2D eigenvalue weighted by Crippen LogP contribution is -2.31. The van der Waals surface area contributed by atoms with Crippen LogP contribution in [-0.4, -0.2) is 22.8 Å². The minimum Gasteiger partial charge on any atom is -0.454 e. The van der Waals surface area contributed by atoms with Gasteiger partial charge in [-0.2, -0.15) is 4.98 Å². The summed E-state index contributed by atoms with van der Waals surface area (Å²) in [6.45, 7) is 4.23. The van der Waals surface area contributed by atoms with Gasteiger partial charge in [0.1, 0.15) is 6.04 Å². The fourth-order valence-corrected chi connectivity index (χ4v) is 3.20. The summed E-state index contributed by atoms with van der Waals surface area (Å²) < 4.78 is 16.3. The molecule has 0 saturated heterocycles. The van der Waals surface area contributed by atoms with Crippen LogP contribution >= 0.6 is 0 Å². The predicted octanol–water partition coefficient (Wildman–Crippen LogP) is 3.91. The van der Waals surface area contributed by atoms with E-state index in [2.05, 4.69) is 15.5 Å². The van der Waals surface area contributed by atoms with E-state index in [9.17, 15) is 4.79 Å². The van der Waals surface area contributed by atoms with Gasteiger partial charge in [-0.05, 0) is 29.7 Å². The first-order valence-electron chi connectivity index (χ1n) is 9.65. The van der Waals surface area contributed by atoms with E-state index < -0.39 is 6.04 Å². The summed E-state index contributed by atoms with van der Waals surface area (Å²) in [7, 11) is 0. The van der Waals surface area contributed by atoms with Crippen LogP contribution in [0.3, 0.4) is 0 Å². The molecule has 3 aromatic rings. The molecule has 1 aliphatic rings. The Labute approximate surface area is 169 Å². The molecule has 1 aromatic heterocycles. The monoisotopic (exact) mass is 393 g/mol. The molecule has 29 heavy (non-hydrogen) atoms. The Hall–Kier alpha value is -3.35. The molecule has 2 heterocycles. The van der Waals surface area contributed by atoms with Gasteiger partial charge in [0.05, 0.1) is 0 Å². The zero-order chi connectivity index (χ0) is 20.2. The first kappa shape index (κ1) is 19.0. The second kappa shape index (κ2) is 8.34. The Morgan fingerprint density at radius 3 is 2.69 bits per heavy atom. The zero-order valence-corrected chi connectivity index (χ0v) is 16.4. The maximum Gasteiger partial charge on any atom is 0.249 e. The molecule has 150 valence electrons. The predicted molar refractivity (Wildman–Crippen MR) is 106 cm³/mol. The van der Waals surface area contributed by atoms with Crippen molar-refractivity contribution in [3.8, 4) is 22.9 Å². The van der Waals surface area contributed by atoms with Crippen molar-refractivity contribution in [1.29, 1.82) is 0 Å². The molecule has 1 N–H and O–H groups in total. The largest absolute Gasteiger partial charge is 0.454 e. The van der Waals surface area contributed by atoms with Gasteiger partial charge in [0.15, 0.2) is 11.5 Å². The number of nitrogens with one attached hydrogen (secondary N) is 1. The van der Waals surface area contributed by atoms with Crippen molar-refractivity contribution in [1.82, 2.24) is 15.5 Å². The quantitative estimate of drug-likeness (QED) is 0.655. The molecule has 1 aliphatic heterocycles. The Balaban J connectivity index is 1.58. The third kappa shape index (κ3) is 4.56. The lowest BCUT2D eigenvalue weighted by Gasteiger charge is -2.16. The summed E-state index contributed by atoms with van der Waals surface area (Å²) in [4.78, 5) is 16.9. The molecule has 7 heteroatoms. The van der Waals surface area contributed by atoms with Gasteiger partial charge < -0.3 is 19.3 Å². The lowest BCUT2D eigenvalue weighted by molar-refractivity contribution is -0.122. The van der Waals surface area contributed by atoms with Crippen molar-refractivity contribution >= 4 is 5.91 Å². The van der Waals surface area contributed by atoms with Crippen LogP contribution in [0.4, 0.5) is 0 Å². The smallest absolute Gasteiger partial charge is 0.249 e. The Bertz CT molecular complexity index is 985. The number of carbonyl (C=O) groups excluding carboxylic acids is 1. The van der Waals surface area contributed by atoms with Crippen LogP contribution in [0.15, 0.2) is 53.1 Å². The second-order valence-electron chi connectivity index (χ2n) is 7.43. The Morgan fingerprint density at radius 1 is 1.10 bits per heavy atom. The highest BCUT2D eigenvalue weighted by molar-refractivity contribution is 5.76. The first-order valence-corrected chi connectivity index (χ1v) is 9.65. The number of nitrogens with zero attached hydrogens (tertiary/aromatic N) is 2. The molecule has 0 unspecified atom stereocenters. The lowest BCUT2D eigenvalue weighted by atomic mass is 10.0. The van der Waals surface area contributed by atoms with Gasteiger partial charge in [-0.15, -0.1) is 0 Å². The molecule has 4 rings (SSSR count). The molecule has 0 bridgehead atoms. The standard InChI is InChI=1S/C22H23N3O4/c1-14(2)10-20(26)23-17(11-15-6-4-3-5-7-15)22-24-21(25-29-22)16-8-9-18-19(12-16)28-13-27-18/h3-9,12,14,17H,10-11,13H2,1-2H3,(H,23,26)/t17-/m1/s1. The van der Waals surface area contributed by atoms with E-state index in [4.69, 9.17) is 14.0 Å². The number of aromatic nitrogens is 2. The second-order valence-corrected chi connectivity index (χ2v) is 7.43. The highest BCUT2D eigenvalue weighted by atomic mass is 16.7. The van der Waals surface area contributed by atoms with E-state index in [1.54, 1.807) is 0 Å². The van der Waals surface area contributed by atoms with Gasteiger partial charge in [0.2, 0.25) is 24.4 Å². The van der Waals surface area contributed by atoms with E-state index in [0.29, 0.717) is 36.1 Å². The molecule has 1 amide bonds. The van der Waals surface area contributed by atoms with E-state index in [-0.39, 0.29) is 18.6 Å². The number of benzene rings is 2. The van der Waals surface area contributed by atoms with Crippen LogP contribution in [0.25, 0.3) is 11.4 Å². The van der Waals surface area contributed by atoms with Crippen LogP contribution in [0.2, 0.25) is 0 Å². The summed E-state index contributed by atoms with van der Waals surface area (Å²) in [5, 5.41) is 7.15. The summed E-state index contributed by atoms with van der Waals surface area (Å²) in [6, 6.07) is 15.0. The van der Waals surface area contributed by atoms with Crippen LogP contribution in [0, 0.1) is 5.92 Å². The molecule has 0 radical (unpaired) electrons. The van der Waals surface area contributed by atoms with Crippen molar-refractivity contribution in [2.75, 3.05) is 6.79 Å². The third-order valence-electron chi connectivity index (χ3n) is 4.58. The fourth-order valence-electron chi connectivity index (χ4n) is 3.20. The molecular weight excluding hydrogens is 370 g/mol. The number of rotatable bonds is 7.